The average Bonchev–Trinajstić information content (AvgIpc) is 3.08. The van der Waals surface area contributed by atoms with Crippen LogP contribution in [0.25, 0.3) is 10.9 Å². The minimum absolute atomic E-state index is 0.445. The van der Waals surface area contributed by atoms with E-state index in [0.29, 0.717) is 29.6 Å². The van der Waals surface area contributed by atoms with E-state index in [0.717, 1.165) is 28.1 Å². The Kier molecular flexibility index (Phi) is 5.52. The fraction of sp³-hybridized carbons (Fsp3) is 0.353. The van der Waals surface area contributed by atoms with Gasteiger partial charge in [0.2, 0.25) is 0 Å². The second-order valence-corrected chi connectivity index (χ2v) is 6.74. The summed E-state index contributed by atoms with van der Waals surface area (Å²) in [7, 11) is 1.60. The predicted octanol–water partition coefficient (Wildman–Crippen LogP) is 2.27. The number of thioether (sulfide) groups is 1. The summed E-state index contributed by atoms with van der Waals surface area (Å²) in [5.74, 6) is 0.291. The third-order valence-electron chi connectivity index (χ3n) is 3.71. The Bertz CT molecular complexity index is 810. The Morgan fingerprint density at radius 3 is 2.96 bits per heavy atom. The van der Waals surface area contributed by atoms with Crippen molar-refractivity contribution >= 4 is 33.7 Å². The number of hydroxylamine groups is 2. The summed E-state index contributed by atoms with van der Waals surface area (Å²) >= 11 is 1.42. The van der Waals surface area contributed by atoms with Crippen LogP contribution in [0.5, 0.6) is 5.75 Å². The maximum atomic E-state index is 11.0. The van der Waals surface area contributed by atoms with E-state index < -0.39 is 12.0 Å². The van der Waals surface area contributed by atoms with E-state index in [1.165, 1.54) is 11.8 Å². The number of benzene rings is 1. The molecule has 2 heterocycles. The summed E-state index contributed by atoms with van der Waals surface area (Å²) in [5, 5.41) is 20.9. The van der Waals surface area contributed by atoms with Crippen molar-refractivity contribution in [3.8, 4) is 5.75 Å². The molecule has 0 fully saturated rings. The molecule has 8 heteroatoms. The molecule has 0 radical (unpaired) electrons. The van der Waals surface area contributed by atoms with Crippen LogP contribution in [0.4, 0.5) is 0 Å². The van der Waals surface area contributed by atoms with Crippen LogP contribution in [0.3, 0.4) is 0 Å². The highest BCUT2D eigenvalue weighted by Gasteiger charge is 2.25. The molecule has 1 aromatic heterocycles. The first-order chi connectivity index (χ1) is 12.0. The van der Waals surface area contributed by atoms with Crippen molar-refractivity contribution in [3.63, 3.8) is 0 Å². The van der Waals surface area contributed by atoms with Crippen LogP contribution in [0.1, 0.15) is 12.1 Å². The Labute approximate surface area is 149 Å². The van der Waals surface area contributed by atoms with Gasteiger partial charge in [-0.1, -0.05) is 6.07 Å². The van der Waals surface area contributed by atoms with Crippen LogP contribution in [-0.2, 0) is 4.79 Å². The highest BCUT2D eigenvalue weighted by molar-refractivity contribution is 8.14. The van der Waals surface area contributed by atoms with Crippen LogP contribution in [0.15, 0.2) is 35.3 Å². The van der Waals surface area contributed by atoms with Gasteiger partial charge >= 0.3 is 5.97 Å². The van der Waals surface area contributed by atoms with Gasteiger partial charge in [-0.25, -0.2) is 9.78 Å². The zero-order valence-electron chi connectivity index (χ0n) is 13.8. The summed E-state index contributed by atoms with van der Waals surface area (Å²) < 4.78 is 5.68. The molecule has 0 bridgehead atoms. The molecule has 2 N–H and O–H groups in total. The van der Waals surface area contributed by atoms with Gasteiger partial charge in [0.1, 0.15) is 10.8 Å². The van der Waals surface area contributed by atoms with E-state index in [1.54, 1.807) is 7.05 Å². The highest BCUT2D eigenvalue weighted by Crippen LogP contribution is 2.25. The molecule has 0 saturated heterocycles. The molecule has 0 saturated carbocycles. The average molecular weight is 361 g/mol. The highest BCUT2D eigenvalue weighted by atomic mass is 32.2. The number of aromatic nitrogens is 1. The molecule has 1 aliphatic rings. The van der Waals surface area contributed by atoms with Gasteiger partial charge in [-0.05, 0) is 30.7 Å². The molecule has 0 spiro atoms. The van der Waals surface area contributed by atoms with Gasteiger partial charge in [0, 0.05) is 24.7 Å². The first-order valence-electron chi connectivity index (χ1n) is 7.90. The second kappa shape index (κ2) is 7.81. The van der Waals surface area contributed by atoms with Crippen molar-refractivity contribution in [1.82, 2.24) is 10.0 Å². The number of fused-ring (bicyclic) bond motifs is 1. The van der Waals surface area contributed by atoms with Crippen LogP contribution in [-0.4, -0.2) is 63.4 Å². The molecular weight excluding hydrogens is 342 g/mol. The molecule has 1 aromatic carbocycles. The fourth-order valence-corrected chi connectivity index (χ4v) is 3.43. The molecule has 3 rings (SSSR count). The molecule has 1 aliphatic heterocycles. The number of rotatable bonds is 7. The number of aliphatic imine (C=N–C) groups is 1. The van der Waals surface area contributed by atoms with Crippen LogP contribution in [0.2, 0.25) is 0 Å². The summed E-state index contributed by atoms with van der Waals surface area (Å²) in [6.07, 6.45) is 0.726. The number of ether oxygens (including phenoxy) is 1. The van der Waals surface area contributed by atoms with Gasteiger partial charge in [0.15, 0.2) is 6.04 Å². The molecule has 132 valence electrons. The number of aliphatic carboxylic acids is 1. The second-order valence-electron chi connectivity index (χ2n) is 5.73. The third kappa shape index (κ3) is 4.47. The lowest BCUT2D eigenvalue weighted by Gasteiger charge is -2.10. The molecule has 0 aliphatic carbocycles. The minimum Gasteiger partial charge on any atom is -0.494 e. The molecule has 0 amide bonds. The number of hydrogen-bond donors (Lipinski definition) is 2. The van der Waals surface area contributed by atoms with Crippen molar-refractivity contribution in [3.05, 3.63) is 36.0 Å². The summed E-state index contributed by atoms with van der Waals surface area (Å²) in [5.41, 5.74) is 1.50. The van der Waals surface area contributed by atoms with Crippen LogP contribution >= 0.6 is 11.8 Å². The lowest BCUT2D eigenvalue weighted by atomic mass is 10.2. The van der Waals surface area contributed by atoms with Crippen molar-refractivity contribution in [1.29, 1.82) is 0 Å². The first-order valence-corrected chi connectivity index (χ1v) is 8.89. The van der Waals surface area contributed by atoms with Crippen molar-refractivity contribution < 1.29 is 19.8 Å². The Balaban J connectivity index is 1.71. The Hall–Kier alpha value is -2.16. The number of carboxylic acids is 1. The van der Waals surface area contributed by atoms with Gasteiger partial charge < -0.3 is 15.1 Å². The zero-order chi connectivity index (χ0) is 17.8. The zero-order valence-corrected chi connectivity index (χ0v) is 14.6. The molecule has 25 heavy (non-hydrogen) atoms. The van der Waals surface area contributed by atoms with Crippen LogP contribution in [0, 0.1) is 0 Å². The van der Waals surface area contributed by atoms with E-state index in [4.69, 9.17) is 15.1 Å². The largest absolute Gasteiger partial charge is 0.494 e. The molecule has 0 unspecified atom stereocenters. The van der Waals surface area contributed by atoms with E-state index in [-0.39, 0.29) is 0 Å². The van der Waals surface area contributed by atoms with Gasteiger partial charge in [0.05, 0.1) is 17.8 Å². The number of carbonyl (C=O) groups is 1. The lowest BCUT2D eigenvalue weighted by Crippen LogP contribution is -2.17. The maximum absolute atomic E-state index is 11.0. The predicted molar refractivity (Wildman–Crippen MR) is 96.7 cm³/mol. The fourth-order valence-electron chi connectivity index (χ4n) is 2.44. The quantitative estimate of drug-likeness (QED) is 0.577. The molecule has 7 nitrogen and oxygen atoms in total. The topological polar surface area (TPSA) is 95.3 Å². The smallest absolute Gasteiger partial charge is 0.329 e. The Morgan fingerprint density at radius 1 is 1.40 bits per heavy atom. The lowest BCUT2D eigenvalue weighted by molar-refractivity contribution is -0.137. The van der Waals surface area contributed by atoms with Crippen LogP contribution < -0.4 is 4.74 Å². The van der Waals surface area contributed by atoms with E-state index in [1.807, 2.05) is 30.3 Å². The molecule has 2 aromatic rings. The summed E-state index contributed by atoms with van der Waals surface area (Å²) in [6, 6.07) is 8.74. The molecular formula is C17H19N3O4S. The minimum atomic E-state index is -0.905. The van der Waals surface area contributed by atoms with Crippen molar-refractivity contribution in [2.45, 2.75) is 12.5 Å². The number of hydrogen-bond acceptors (Lipinski definition) is 7. The molecule has 1 atom stereocenters. The van der Waals surface area contributed by atoms with Gasteiger partial charge in [-0.15, -0.1) is 11.8 Å². The summed E-state index contributed by atoms with van der Waals surface area (Å²) in [4.78, 5) is 19.8. The van der Waals surface area contributed by atoms with Crippen molar-refractivity contribution in [2.75, 3.05) is 26.0 Å². The first kappa shape index (κ1) is 17.7. The van der Waals surface area contributed by atoms with E-state index >= 15 is 0 Å². The van der Waals surface area contributed by atoms with Gasteiger partial charge in [0.25, 0.3) is 0 Å². The standard InChI is InChI=1S/C17H19N3O4S/c1-20(23)7-2-8-24-12-4-6-13-11(9-12)3-5-14(18-13)16-19-15(10-25-16)17(21)22/h3-6,9,15,23H,2,7-8,10H2,1H3,(H,21,22)/t15-/m1/s1. The van der Waals surface area contributed by atoms with Gasteiger partial charge in [-0.3, -0.25) is 4.99 Å². The van der Waals surface area contributed by atoms with E-state index in [9.17, 15) is 4.79 Å². The Morgan fingerprint density at radius 2 is 2.24 bits per heavy atom. The number of pyridine rings is 1. The summed E-state index contributed by atoms with van der Waals surface area (Å²) in [6.45, 7) is 1.07. The van der Waals surface area contributed by atoms with Crippen molar-refractivity contribution in [2.24, 2.45) is 4.99 Å². The van der Waals surface area contributed by atoms with E-state index in [2.05, 4.69) is 9.98 Å². The monoisotopic (exact) mass is 361 g/mol. The SMILES string of the molecule is CN(O)CCCOc1ccc2nc(C3=N[C@@H](C(=O)O)CS3)ccc2c1. The van der Waals surface area contributed by atoms with Gasteiger partial charge in [-0.2, -0.15) is 5.06 Å². The normalized spacial score (nSPS) is 17.1. The third-order valence-corrected chi connectivity index (χ3v) is 4.78. The maximum Gasteiger partial charge on any atom is 0.329 e. The number of carboxylic acid groups (broad SMARTS) is 1. The number of nitrogens with zero attached hydrogens (tertiary/aromatic N) is 3.